The van der Waals surface area contributed by atoms with Gasteiger partial charge in [0.15, 0.2) is 5.13 Å². The highest BCUT2D eigenvalue weighted by atomic mass is 32.1. The molecule has 6 aromatic rings. The first-order chi connectivity index (χ1) is 19.9. The molecule has 1 amide bonds. The third kappa shape index (κ3) is 5.13. The van der Waals surface area contributed by atoms with Crippen molar-refractivity contribution in [2.45, 2.75) is 6.92 Å². The van der Waals surface area contributed by atoms with E-state index >= 15 is 0 Å². The molecular formula is C32H26N4O3S2. The van der Waals surface area contributed by atoms with Crippen molar-refractivity contribution in [3.8, 4) is 45.1 Å². The van der Waals surface area contributed by atoms with Crippen LogP contribution in [-0.4, -0.2) is 30.1 Å². The van der Waals surface area contributed by atoms with E-state index in [1.165, 1.54) is 28.2 Å². The smallest absolute Gasteiger partial charge is 0.269 e. The fourth-order valence-electron chi connectivity index (χ4n) is 4.63. The van der Waals surface area contributed by atoms with Gasteiger partial charge >= 0.3 is 0 Å². The maximum Gasteiger partial charge on any atom is 0.269 e. The average Bonchev–Trinajstić information content (AvgIpc) is 3.61. The summed E-state index contributed by atoms with van der Waals surface area (Å²) in [7, 11) is 3.24. The number of anilines is 2. The quantitative estimate of drug-likeness (QED) is 0.200. The number of methoxy groups -OCH3 is 2. The van der Waals surface area contributed by atoms with Crippen LogP contribution in [0.2, 0.25) is 0 Å². The number of nitrogens with zero attached hydrogens (tertiary/aromatic N) is 2. The van der Waals surface area contributed by atoms with Crippen molar-refractivity contribution in [3.05, 3.63) is 94.7 Å². The van der Waals surface area contributed by atoms with Crippen LogP contribution in [0.15, 0.2) is 84.2 Å². The molecule has 3 heterocycles. The molecule has 7 nitrogen and oxygen atoms in total. The first-order valence-electron chi connectivity index (χ1n) is 12.8. The number of nitrogens with one attached hydrogen (secondary N) is 1. The highest BCUT2D eigenvalue weighted by Gasteiger charge is 2.24. The summed E-state index contributed by atoms with van der Waals surface area (Å²) in [5.41, 5.74) is 13.3. The van der Waals surface area contributed by atoms with Gasteiger partial charge in [-0.15, -0.1) is 22.7 Å². The summed E-state index contributed by atoms with van der Waals surface area (Å²) in [4.78, 5) is 24.1. The Balaban J connectivity index is 1.45. The van der Waals surface area contributed by atoms with Crippen molar-refractivity contribution in [2.75, 3.05) is 25.3 Å². The Morgan fingerprint density at radius 1 is 0.854 bits per heavy atom. The second kappa shape index (κ2) is 11.0. The number of pyridine rings is 1. The lowest BCUT2D eigenvalue weighted by molar-refractivity contribution is 0.103. The van der Waals surface area contributed by atoms with E-state index in [0.717, 1.165) is 33.6 Å². The van der Waals surface area contributed by atoms with Crippen LogP contribution in [0.25, 0.3) is 43.9 Å². The number of carbonyl (C=O) groups is 1. The molecule has 3 aromatic carbocycles. The van der Waals surface area contributed by atoms with Crippen LogP contribution in [0.1, 0.15) is 15.2 Å². The van der Waals surface area contributed by atoms with Crippen LogP contribution in [-0.2, 0) is 0 Å². The second-order valence-corrected chi connectivity index (χ2v) is 11.2. The van der Waals surface area contributed by atoms with Crippen LogP contribution in [0.4, 0.5) is 10.8 Å². The maximum atomic E-state index is 13.5. The van der Waals surface area contributed by atoms with Crippen LogP contribution in [0.5, 0.6) is 11.5 Å². The van der Waals surface area contributed by atoms with Gasteiger partial charge in [-0.05, 0) is 31.2 Å². The molecule has 3 N–H and O–H groups in total. The highest BCUT2D eigenvalue weighted by Crippen LogP contribution is 2.45. The van der Waals surface area contributed by atoms with Crippen molar-refractivity contribution in [2.24, 2.45) is 0 Å². The summed E-state index contributed by atoms with van der Waals surface area (Å²) in [6.45, 7) is 2.04. The van der Waals surface area contributed by atoms with Crippen LogP contribution >= 0.6 is 22.7 Å². The Labute approximate surface area is 245 Å². The molecule has 9 heteroatoms. The van der Waals surface area contributed by atoms with E-state index in [9.17, 15) is 4.79 Å². The molecule has 3 aromatic heterocycles. The number of fused-ring (bicyclic) bond motifs is 1. The van der Waals surface area contributed by atoms with E-state index in [1.54, 1.807) is 14.2 Å². The zero-order chi connectivity index (χ0) is 28.5. The molecule has 0 aliphatic carbocycles. The van der Waals surface area contributed by atoms with Crippen molar-refractivity contribution in [3.63, 3.8) is 0 Å². The van der Waals surface area contributed by atoms with Gasteiger partial charge in [0, 0.05) is 33.0 Å². The molecule has 0 saturated heterocycles. The number of ether oxygens (including phenoxy) is 2. The summed E-state index contributed by atoms with van der Waals surface area (Å²) < 4.78 is 11.2. The first-order valence-corrected chi connectivity index (χ1v) is 14.5. The summed E-state index contributed by atoms with van der Waals surface area (Å²) in [6.07, 6.45) is 0. The number of nitrogen functional groups attached to an aromatic ring is 1. The molecule has 0 fully saturated rings. The number of benzene rings is 3. The fourth-order valence-corrected chi connectivity index (χ4v) is 6.36. The summed E-state index contributed by atoms with van der Waals surface area (Å²) >= 11 is 2.62. The van der Waals surface area contributed by atoms with E-state index in [0.29, 0.717) is 37.4 Å². The lowest BCUT2D eigenvalue weighted by Crippen LogP contribution is -2.11. The molecule has 41 heavy (non-hydrogen) atoms. The lowest BCUT2D eigenvalue weighted by Gasteiger charge is -2.13. The fraction of sp³-hybridized carbons (Fsp3) is 0.0938. The second-order valence-electron chi connectivity index (χ2n) is 9.37. The lowest BCUT2D eigenvalue weighted by atomic mass is 9.98. The molecule has 6 rings (SSSR count). The number of thiazole rings is 1. The topological polar surface area (TPSA) is 99.4 Å². The minimum Gasteiger partial charge on any atom is -0.497 e. The molecule has 204 valence electrons. The molecule has 0 aliphatic heterocycles. The Kier molecular flexibility index (Phi) is 7.13. The van der Waals surface area contributed by atoms with Gasteiger partial charge in [-0.1, -0.05) is 60.2 Å². The molecule has 0 atom stereocenters. The van der Waals surface area contributed by atoms with Crippen LogP contribution in [0.3, 0.4) is 0 Å². The number of amides is 1. The van der Waals surface area contributed by atoms with Crippen molar-refractivity contribution in [1.82, 2.24) is 9.97 Å². The van der Waals surface area contributed by atoms with E-state index in [1.807, 2.05) is 91.2 Å². The average molecular weight is 579 g/mol. The number of aromatic nitrogens is 2. The van der Waals surface area contributed by atoms with E-state index in [4.69, 9.17) is 20.2 Å². The van der Waals surface area contributed by atoms with E-state index < -0.39 is 0 Å². The Morgan fingerprint density at radius 3 is 2.34 bits per heavy atom. The summed E-state index contributed by atoms with van der Waals surface area (Å²) in [6, 6.07) is 25.6. The van der Waals surface area contributed by atoms with Crippen LogP contribution in [0, 0.1) is 6.92 Å². The number of carbonyl (C=O) groups excluding carboxylic acids is 1. The van der Waals surface area contributed by atoms with E-state index in [2.05, 4.69) is 10.3 Å². The largest absolute Gasteiger partial charge is 0.497 e. The molecule has 0 unspecified atom stereocenters. The van der Waals surface area contributed by atoms with Gasteiger partial charge in [-0.2, -0.15) is 0 Å². The maximum absolute atomic E-state index is 13.5. The molecule has 0 spiro atoms. The van der Waals surface area contributed by atoms with Gasteiger partial charge in [0.2, 0.25) is 0 Å². The minimum atomic E-state index is -0.333. The Bertz CT molecular complexity index is 1880. The Hall–Kier alpha value is -4.73. The number of rotatable bonds is 7. The summed E-state index contributed by atoms with van der Waals surface area (Å²) in [5, 5.41) is 6.04. The minimum absolute atomic E-state index is 0.333. The van der Waals surface area contributed by atoms with Crippen molar-refractivity contribution >= 4 is 49.6 Å². The van der Waals surface area contributed by atoms with Crippen molar-refractivity contribution < 1.29 is 14.3 Å². The molecule has 0 aliphatic rings. The van der Waals surface area contributed by atoms with Crippen LogP contribution < -0.4 is 20.5 Å². The number of thiophene rings is 1. The van der Waals surface area contributed by atoms with Crippen molar-refractivity contribution in [1.29, 1.82) is 0 Å². The predicted molar refractivity (Wildman–Crippen MR) is 168 cm³/mol. The normalized spacial score (nSPS) is 11.0. The van der Waals surface area contributed by atoms with Gasteiger partial charge in [-0.3, -0.25) is 10.1 Å². The number of aryl methyl sites for hydroxylation is 1. The van der Waals surface area contributed by atoms with Gasteiger partial charge in [0.25, 0.3) is 5.91 Å². The molecule has 0 radical (unpaired) electrons. The van der Waals surface area contributed by atoms with E-state index in [-0.39, 0.29) is 5.91 Å². The molecule has 0 bridgehead atoms. The standard InChI is InChI=1S/C32H26N4O3S2/c1-18-9-11-20(12-10-18)25-17-40-32(35-25)36-30(37)29-28(33)27-23(22-15-21(38-2)13-14-26(22)39-3)16-24(34-31(27)41-29)19-7-5-4-6-8-19/h4-17H,33H2,1-3H3,(H,35,36,37). The Morgan fingerprint density at radius 2 is 1.61 bits per heavy atom. The number of hydrogen-bond acceptors (Lipinski definition) is 8. The zero-order valence-electron chi connectivity index (χ0n) is 22.6. The number of nitrogens with two attached hydrogens (primary N) is 1. The highest BCUT2D eigenvalue weighted by molar-refractivity contribution is 7.21. The third-order valence-corrected chi connectivity index (χ3v) is 8.60. The van der Waals surface area contributed by atoms with Gasteiger partial charge in [0.05, 0.1) is 31.3 Å². The van der Waals surface area contributed by atoms with Gasteiger partial charge < -0.3 is 15.2 Å². The first kappa shape index (κ1) is 26.5. The predicted octanol–water partition coefficient (Wildman–Crippen LogP) is 7.91. The SMILES string of the molecule is COc1ccc(OC)c(-c2cc(-c3ccccc3)nc3sc(C(=O)Nc4nc(-c5ccc(C)cc5)cs4)c(N)c23)c1. The number of hydrogen-bond donors (Lipinski definition) is 2. The monoisotopic (exact) mass is 578 g/mol. The van der Waals surface area contributed by atoms with Gasteiger partial charge in [0.1, 0.15) is 21.2 Å². The zero-order valence-corrected chi connectivity index (χ0v) is 24.2. The van der Waals surface area contributed by atoms with Gasteiger partial charge in [-0.25, -0.2) is 9.97 Å². The molecule has 0 saturated carbocycles. The summed E-state index contributed by atoms with van der Waals surface area (Å²) in [5.74, 6) is 0.993. The molecular weight excluding hydrogens is 553 g/mol. The third-order valence-electron chi connectivity index (χ3n) is 6.74.